The van der Waals surface area contributed by atoms with Crippen molar-refractivity contribution in [3.05, 3.63) is 35.4 Å². The van der Waals surface area contributed by atoms with Crippen LogP contribution in [0.25, 0.3) is 0 Å². The molecule has 1 aromatic rings. The van der Waals surface area contributed by atoms with E-state index < -0.39 is 17.2 Å². The SMILES string of the molecule is CC(C)(C(=O)NCCS)c1cccc(C(F)(F)F)c1. The fourth-order valence-electron chi connectivity index (χ4n) is 1.61. The first-order valence-corrected chi connectivity index (χ1v) is 6.39. The van der Waals surface area contributed by atoms with E-state index in [1.165, 1.54) is 12.1 Å². The average molecular weight is 291 g/mol. The summed E-state index contributed by atoms with van der Waals surface area (Å²) in [6.07, 6.45) is -4.41. The maximum atomic E-state index is 12.6. The summed E-state index contributed by atoms with van der Waals surface area (Å²) in [5.41, 5.74) is -1.44. The maximum Gasteiger partial charge on any atom is 0.416 e. The number of alkyl halides is 3. The molecular formula is C13H16F3NOS. The second-order valence-corrected chi connectivity index (χ2v) is 5.13. The molecule has 1 amide bonds. The minimum atomic E-state index is -4.41. The van der Waals surface area contributed by atoms with Crippen LogP contribution in [0.5, 0.6) is 0 Å². The van der Waals surface area contributed by atoms with Crippen LogP contribution in [0.15, 0.2) is 24.3 Å². The third-order valence-electron chi connectivity index (χ3n) is 2.88. The number of nitrogens with one attached hydrogen (secondary N) is 1. The molecular weight excluding hydrogens is 275 g/mol. The fraction of sp³-hybridized carbons (Fsp3) is 0.462. The van der Waals surface area contributed by atoms with Gasteiger partial charge in [-0.1, -0.05) is 18.2 Å². The number of hydrogen-bond acceptors (Lipinski definition) is 2. The normalized spacial score (nSPS) is 12.3. The second kappa shape index (κ2) is 5.86. The van der Waals surface area contributed by atoms with Gasteiger partial charge in [-0.3, -0.25) is 4.79 Å². The summed E-state index contributed by atoms with van der Waals surface area (Å²) < 4.78 is 37.9. The Bertz CT molecular complexity index is 457. The molecule has 106 valence electrons. The van der Waals surface area contributed by atoms with Gasteiger partial charge in [-0.2, -0.15) is 25.8 Å². The summed E-state index contributed by atoms with van der Waals surface area (Å²) in [7, 11) is 0. The van der Waals surface area contributed by atoms with Crippen LogP contribution in [0, 0.1) is 0 Å². The Balaban J connectivity index is 3.04. The molecule has 0 aliphatic heterocycles. The molecule has 0 aromatic heterocycles. The standard InChI is InChI=1S/C13H16F3NOS/c1-12(2,11(18)17-6-7-19)9-4-3-5-10(8-9)13(14,15)16/h3-5,8,19H,6-7H2,1-2H3,(H,17,18). The van der Waals surface area contributed by atoms with Crippen LogP contribution in [-0.4, -0.2) is 18.2 Å². The molecule has 0 atom stereocenters. The molecule has 1 rings (SSSR count). The van der Waals surface area contributed by atoms with Crippen molar-refractivity contribution in [1.29, 1.82) is 0 Å². The summed E-state index contributed by atoms with van der Waals surface area (Å²) in [4.78, 5) is 12.0. The van der Waals surface area contributed by atoms with Gasteiger partial charge in [-0.05, 0) is 25.5 Å². The number of thiol groups is 1. The van der Waals surface area contributed by atoms with E-state index in [2.05, 4.69) is 17.9 Å². The van der Waals surface area contributed by atoms with E-state index >= 15 is 0 Å². The quantitative estimate of drug-likeness (QED) is 0.820. The van der Waals surface area contributed by atoms with Crippen molar-refractivity contribution in [3.63, 3.8) is 0 Å². The van der Waals surface area contributed by atoms with Gasteiger partial charge in [-0.25, -0.2) is 0 Å². The Morgan fingerprint density at radius 3 is 2.37 bits per heavy atom. The predicted molar refractivity (Wildman–Crippen MR) is 71.3 cm³/mol. The van der Waals surface area contributed by atoms with E-state index in [0.29, 0.717) is 17.9 Å². The molecule has 2 nitrogen and oxygen atoms in total. The molecule has 0 bridgehead atoms. The first-order chi connectivity index (χ1) is 8.69. The first kappa shape index (κ1) is 15.9. The average Bonchev–Trinajstić information content (AvgIpc) is 2.35. The van der Waals surface area contributed by atoms with E-state index in [0.717, 1.165) is 12.1 Å². The van der Waals surface area contributed by atoms with Crippen LogP contribution < -0.4 is 5.32 Å². The number of halogens is 3. The predicted octanol–water partition coefficient (Wildman–Crippen LogP) is 3.03. The molecule has 0 radical (unpaired) electrons. The van der Waals surface area contributed by atoms with Gasteiger partial charge in [0.05, 0.1) is 11.0 Å². The summed E-state index contributed by atoms with van der Waals surface area (Å²) >= 11 is 3.97. The van der Waals surface area contributed by atoms with Gasteiger partial charge >= 0.3 is 6.18 Å². The zero-order chi connectivity index (χ0) is 14.7. The van der Waals surface area contributed by atoms with Gasteiger partial charge in [0, 0.05) is 12.3 Å². The number of amides is 1. The third-order valence-corrected chi connectivity index (χ3v) is 3.10. The lowest BCUT2D eigenvalue weighted by molar-refractivity contribution is -0.137. The van der Waals surface area contributed by atoms with Gasteiger partial charge in [0.2, 0.25) is 5.91 Å². The highest BCUT2D eigenvalue weighted by molar-refractivity contribution is 7.80. The van der Waals surface area contributed by atoms with Crippen LogP contribution >= 0.6 is 12.6 Å². The Hall–Kier alpha value is -1.17. The Kier molecular flexibility index (Phi) is 4.90. The Morgan fingerprint density at radius 2 is 1.84 bits per heavy atom. The highest BCUT2D eigenvalue weighted by Gasteiger charge is 2.34. The molecule has 6 heteroatoms. The van der Waals surface area contributed by atoms with Crippen molar-refractivity contribution >= 4 is 18.5 Å². The number of carbonyl (C=O) groups is 1. The second-order valence-electron chi connectivity index (χ2n) is 4.68. The highest BCUT2D eigenvalue weighted by Crippen LogP contribution is 2.32. The van der Waals surface area contributed by atoms with Gasteiger partial charge in [0.15, 0.2) is 0 Å². The molecule has 0 aliphatic rings. The zero-order valence-corrected chi connectivity index (χ0v) is 11.6. The largest absolute Gasteiger partial charge is 0.416 e. The molecule has 1 N–H and O–H groups in total. The molecule has 0 aliphatic carbocycles. The molecule has 0 unspecified atom stereocenters. The van der Waals surface area contributed by atoms with E-state index in [-0.39, 0.29) is 5.91 Å². The summed E-state index contributed by atoms with van der Waals surface area (Å²) in [5.74, 6) is 0.158. The number of rotatable bonds is 4. The van der Waals surface area contributed by atoms with Gasteiger partial charge < -0.3 is 5.32 Å². The van der Waals surface area contributed by atoms with Crippen LogP contribution in [0.4, 0.5) is 13.2 Å². The van der Waals surface area contributed by atoms with Crippen molar-refractivity contribution in [3.8, 4) is 0 Å². The monoisotopic (exact) mass is 291 g/mol. The van der Waals surface area contributed by atoms with Crippen LogP contribution in [0.3, 0.4) is 0 Å². The highest BCUT2D eigenvalue weighted by atomic mass is 32.1. The molecule has 0 saturated heterocycles. The lowest BCUT2D eigenvalue weighted by atomic mass is 9.83. The molecule has 19 heavy (non-hydrogen) atoms. The number of benzene rings is 1. The first-order valence-electron chi connectivity index (χ1n) is 5.76. The van der Waals surface area contributed by atoms with Gasteiger partial charge in [-0.15, -0.1) is 0 Å². The molecule has 0 fully saturated rings. The lowest BCUT2D eigenvalue weighted by Gasteiger charge is -2.25. The van der Waals surface area contributed by atoms with E-state index in [9.17, 15) is 18.0 Å². The Labute approximate surface area is 115 Å². The molecule has 0 spiro atoms. The molecule has 0 saturated carbocycles. The van der Waals surface area contributed by atoms with Crippen molar-refractivity contribution in [2.75, 3.05) is 12.3 Å². The summed E-state index contributed by atoms with van der Waals surface area (Å²) in [5, 5.41) is 2.63. The molecule has 1 aromatic carbocycles. The van der Waals surface area contributed by atoms with Gasteiger partial charge in [0.1, 0.15) is 0 Å². The topological polar surface area (TPSA) is 29.1 Å². The fourth-order valence-corrected chi connectivity index (χ4v) is 1.72. The summed E-state index contributed by atoms with van der Waals surface area (Å²) in [6.45, 7) is 3.57. The van der Waals surface area contributed by atoms with E-state index in [1.54, 1.807) is 13.8 Å². The van der Waals surface area contributed by atoms with Crippen molar-refractivity contribution < 1.29 is 18.0 Å². The van der Waals surface area contributed by atoms with Crippen molar-refractivity contribution in [1.82, 2.24) is 5.32 Å². The number of hydrogen-bond donors (Lipinski definition) is 2. The zero-order valence-electron chi connectivity index (χ0n) is 10.7. The Morgan fingerprint density at radius 1 is 1.26 bits per heavy atom. The minimum Gasteiger partial charge on any atom is -0.355 e. The van der Waals surface area contributed by atoms with Crippen molar-refractivity contribution in [2.45, 2.75) is 25.4 Å². The van der Waals surface area contributed by atoms with Crippen LogP contribution in [0.1, 0.15) is 25.0 Å². The summed E-state index contributed by atoms with van der Waals surface area (Å²) in [6, 6.07) is 4.84. The van der Waals surface area contributed by atoms with Crippen LogP contribution in [0.2, 0.25) is 0 Å². The van der Waals surface area contributed by atoms with E-state index in [1.807, 2.05) is 0 Å². The van der Waals surface area contributed by atoms with Crippen molar-refractivity contribution in [2.24, 2.45) is 0 Å². The smallest absolute Gasteiger partial charge is 0.355 e. The molecule has 0 heterocycles. The maximum absolute atomic E-state index is 12.6. The van der Waals surface area contributed by atoms with Crippen LogP contribution in [-0.2, 0) is 16.4 Å². The minimum absolute atomic E-state index is 0.319. The lowest BCUT2D eigenvalue weighted by Crippen LogP contribution is -2.41. The van der Waals surface area contributed by atoms with Gasteiger partial charge in [0.25, 0.3) is 0 Å². The number of carbonyl (C=O) groups excluding carboxylic acids is 1. The van der Waals surface area contributed by atoms with E-state index in [4.69, 9.17) is 0 Å². The third kappa shape index (κ3) is 3.89.